The van der Waals surface area contributed by atoms with Crippen molar-refractivity contribution in [1.82, 2.24) is 20.5 Å². The highest BCUT2D eigenvalue weighted by Gasteiger charge is 2.33. The van der Waals surface area contributed by atoms with Gasteiger partial charge in [-0.2, -0.15) is 0 Å². The van der Waals surface area contributed by atoms with Crippen LogP contribution >= 0.6 is 0 Å². The molecule has 226 valence electrons. The molecule has 0 aliphatic carbocycles. The number of hydrogen-bond acceptors (Lipinski definition) is 6. The van der Waals surface area contributed by atoms with Crippen LogP contribution in [0.5, 0.6) is 0 Å². The molecule has 4 N–H and O–H groups in total. The van der Waals surface area contributed by atoms with E-state index in [1.165, 1.54) is 17.0 Å². The summed E-state index contributed by atoms with van der Waals surface area (Å²) in [5.74, 6) is -3.12. The Hall–Kier alpha value is -3.67. The number of rotatable bonds is 11. The largest absolute Gasteiger partial charge is 0.480 e. The molecule has 1 aromatic heterocycles. The Morgan fingerprint density at radius 1 is 1.24 bits per heavy atom. The first-order chi connectivity index (χ1) is 19.3. The number of carbonyl (C=O) groups is 4. The minimum atomic E-state index is -1.18. The van der Waals surface area contributed by atoms with E-state index in [9.17, 15) is 28.7 Å². The third-order valence-corrected chi connectivity index (χ3v) is 7.03. The summed E-state index contributed by atoms with van der Waals surface area (Å²) in [7, 11) is 0. The van der Waals surface area contributed by atoms with Gasteiger partial charge in [0.15, 0.2) is 0 Å². The first-order valence-corrected chi connectivity index (χ1v) is 14.0. The number of carbonyl (C=O) groups excluding carboxylic acids is 3. The van der Waals surface area contributed by atoms with Gasteiger partial charge in [-0.3, -0.25) is 14.5 Å². The van der Waals surface area contributed by atoms with Gasteiger partial charge < -0.3 is 30.2 Å². The average Bonchev–Trinajstić information content (AvgIpc) is 3.30. The van der Waals surface area contributed by atoms with Crippen LogP contribution in [0.3, 0.4) is 0 Å². The van der Waals surface area contributed by atoms with Gasteiger partial charge in [-0.15, -0.1) is 0 Å². The van der Waals surface area contributed by atoms with E-state index in [4.69, 9.17) is 9.47 Å². The molecule has 1 aliphatic heterocycles. The van der Waals surface area contributed by atoms with Gasteiger partial charge in [0.25, 0.3) is 0 Å². The number of amides is 3. The summed E-state index contributed by atoms with van der Waals surface area (Å²) in [6, 6.07) is 1.94. The number of halogens is 1. The van der Waals surface area contributed by atoms with Crippen molar-refractivity contribution in [3.8, 4) is 0 Å². The number of ether oxygens (including phenoxy) is 2. The molecule has 2 heterocycles. The second-order valence-electron chi connectivity index (χ2n) is 11.4. The fraction of sp³-hybridized carbons (Fsp3) is 0.586. The Bertz CT molecular complexity index is 1240. The Kier molecular flexibility index (Phi) is 10.7. The number of fused-ring (bicyclic) bond motifs is 1. The zero-order valence-corrected chi connectivity index (χ0v) is 24.3. The molecule has 3 rings (SSSR count). The summed E-state index contributed by atoms with van der Waals surface area (Å²) in [6.07, 6.45) is 1.69. The Morgan fingerprint density at radius 3 is 2.63 bits per heavy atom. The van der Waals surface area contributed by atoms with E-state index < -0.39 is 53.6 Å². The molecule has 1 fully saturated rings. The van der Waals surface area contributed by atoms with Crippen molar-refractivity contribution in [3.63, 3.8) is 0 Å². The minimum absolute atomic E-state index is 0.00215. The van der Waals surface area contributed by atoms with Crippen molar-refractivity contribution in [2.45, 2.75) is 90.6 Å². The molecule has 0 saturated carbocycles. The predicted octanol–water partition coefficient (Wildman–Crippen LogP) is 3.71. The molecule has 1 unspecified atom stereocenters. The smallest absolute Gasteiger partial charge is 0.412 e. The normalized spacial score (nSPS) is 17.9. The van der Waals surface area contributed by atoms with Gasteiger partial charge in [0.1, 0.15) is 29.7 Å². The molecule has 0 radical (unpaired) electrons. The number of carboxylic acids is 1. The van der Waals surface area contributed by atoms with Crippen LogP contribution in [-0.4, -0.2) is 75.9 Å². The standard InChI is InChI=1S/C29H41FN4O7/c1-6-17(2)25(27(37)38)33-26(36)22(14-18-16-31-21-9-8-19(30)15-20(18)21)32-23(35)10-11-24-34(12-7-13-40-24)28(39)41-29(3,4)5/h8-9,15-17,22,24-25,31H,6-7,10-14H2,1-5H3,(H,32,35)(H,33,36)(H,37,38)/t17-,22-,24?,25-/m0/s1. The van der Waals surface area contributed by atoms with Crippen LogP contribution in [0.2, 0.25) is 0 Å². The van der Waals surface area contributed by atoms with Gasteiger partial charge in [-0.25, -0.2) is 14.0 Å². The molecule has 0 bridgehead atoms. The number of aromatic nitrogens is 1. The third kappa shape index (κ3) is 8.91. The SMILES string of the molecule is CC[C@H](C)[C@H](NC(=O)[C@H](Cc1c[nH]c2ccc(F)cc12)NC(=O)CCC1OCCCN1C(=O)OC(C)(C)C)C(=O)O. The van der Waals surface area contributed by atoms with E-state index >= 15 is 0 Å². The van der Waals surface area contributed by atoms with Crippen molar-refractivity contribution >= 4 is 34.8 Å². The summed E-state index contributed by atoms with van der Waals surface area (Å²) in [5, 5.41) is 15.5. The molecule has 3 amide bonds. The van der Waals surface area contributed by atoms with Crippen molar-refractivity contribution in [1.29, 1.82) is 0 Å². The zero-order valence-electron chi connectivity index (χ0n) is 24.3. The second-order valence-corrected chi connectivity index (χ2v) is 11.4. The van der Waals surface area contributed by atoms with E-state index in [1.54, 1.807) is 40.0 Å². The maximum atomic E-state index is 14.0. The molecule has 11 nitrogen and oxygen atoms in total. The van der Waals surface area contributed by atoms with Crippen LogP contribution in [0.25, 0.3) is 10.9 Å². The average molecular weight is 577 g/mol. The van der Waals surface area contributed by atoms with Gasteiger partial charge >= 0.3 is 12.1 Å². The number of nitrogens with zero attached hydrogens (tertiary/aromatic N) is 1. The fourth-order valence-corrected chi connectivity index (χ4v) is 4.66. The van der Waals surface area contributed by atoms with Gasteiger partial charge in [0.2, 0.25) is 11.8 Å². The van der Waals surface area contributed by atoms with Crippen molar-refractivity contribution in [3.05, 3.63) is 35.8 Å². The highest BCUT2D eigenvalue weighted by molar-refractivity contribution is 5.92. The molecule has 1 aliphatic rings. The molecule has 1 aromatic carbocycles. The van der Waals surface area contributed by atoms with Crippen LogP contribution in [0.1, 0.15) is 65.9 Å². The van der Waals surface area contributed by atoms with Crippen LogP contribution in [0, 0.1) is 11.7 Å². The predicted molar refractivity (Wildman–Crippen MR) is 149 cm³/mol. The summed E-state index contributed by atoms with van der Waals surface area (Å²) in [4.78, 5) is 55.5. The minimum Gasteiger partial charge on any atom is -0.480 e. The lowest BCUT2D eigenvalue weighted by atomic mass is 9.98. The fourth-order valence-electron chi connectivity index (χ4n) is 4.66. The molecule has 0 spiro atoms. The highest BCUT2D eigenvalue weighted by Crippen LogP contribution is 2.22. The molecular weight excluding hydrogens is 535 g/mol. The summed E-state index contributed by atoms with van der Waals surface area (Å²) < 4.78 is 25.2. The van der Waals surface area contributed by atoms with Crippen LogP contribution in [-0.2, 0) is 30.3 Å². The van der Waals surface area contributed by atoms with E-state index in [2.05, 4.69) is 15.6 Å². The number of hydrogen-bond donors (Lipinski definition) is 4. The first kappa shape index (κ1) is 31.9. The zero-order chi connectivity index (χ0) is 30.3. The van der Waals surface area contributed by atoms with Crippen LogP contribution < -0.4 is 10.6 Å². The van der Waals surface area contributed by atoms with Gasteiger partial charge in [-0.05, 0) is 56.9 Å². The van der Waals surface area contributed by atoms with Gasteiger partial charge in [-0.1, -0.05) is 20.3 Å². The summed E-state index contributed by atoms with van der Waals surface area (Å²) in [6.45, 7) is 9.69. The first-order valence-electron chi connectivity index (χ1n) is 14.0. The number of carboxylic acid groups (broad SMARTS) is 1. The summed E-state index contributed by atoms with van der Waals surface area (Å²) >= 11 is 0. The number of nitrogens with one attached hydrogen (secondary N) is 3. The number of benzene rings is 1. The number of H-pyrrole nitrogens is 1. The van der Waals surface area contributed by atoms with Crippen molar-refractivity contribution < 1.29 is 38.1 Å². The van der Waals surface area contributed by atoms with E-state index in [1.807, 2.05) is 6.92 Å². The van der Waals surface area contributed by atoms with E-state index in [0.717, 1.165) is 0 Å². The van der Waals surface area contributed by atoms with Crippen molar-refractivity contribution in [2.75, 3.05) is 13.2 Å². The van der Waals surface area contributed by atoms with E-state index in [-0.39, 0.29) is 25.2 Å². The third-order valence-electron chi connectivity index (χ3n) is 7.03. The monoisotopic (exact) mass is 576 g/mol. The van der Waals surface area contributed by atoms with Gasteiger partial charge in [0.05, 0.1) is 6.61 Å². The molecule has 4 atom stereocenters. The van der Waals surface area contributed by atoms with E-state index in [0.29, 0.717) is 42.5 Å². The number of aliphatic carboxylic acids is 1. The summed E-state index contributed by atoms with van der Waals surface area (Å²) in [5.41, 5.74) is 0.555. The second kappa shape index (κ2) is 13.8. The van der Waals surface area contributed by atoms with Crippen LogP contribution in [0.4, 0.5) is 9.18 Å². The molecular formula is C29H41FN4O7. The van der Waals surface area contributed by atoms with Crippen molar-refractivity contribution in [2.24, 2.45) is 5.92 Å². The molecule has 12 heteroatoms. The Labute approximate surface area is 239 Å². The molecule has 1 saturated heterocycles. The Morgan fingerprint density at radius 2 is 1.98 bits per heavy atom. The topological polar surface area (TPSA) is 150 Å². The van der Waals surface area contributed by atoms with Gasteiger partial charge in [0, 0.05) is 42.9 Å². The lowest BCUT2D eigenvalue weighted by molar-refractivity contribution is -0.143. The highest BCUT2D eigenvalue weighted by atomic mass is 19.1. The molecule has 2 aromatic rings. The lowest BCUT2D eigenvalue weighted by Crippen LogP contribution is -2.54. The molecule has 41 heavy (non-hydrogen) atoms. The maximum Gasteiger partial charge on any atom is 0.412 e. The lowest BCUT2D eigenvalue weighted by Gasteiger charge is -2.36. The van der Waals surface area contributed by atoms with Crippen LogP contribution in [0.15, 0.2) is 24.4 Å². The Balaban J connectivity index is 1.75. The number of aromatic amines is 1. The quantitative estimate of drug-likeness (QED) is 0.318. The maximum absolute atomic E-state index is 14.0.